The van der Waals surface area contributed by atoms with Gasteiger partial charge in [0.1, 0.15) is 5.75 Å². The van der Waals surface area contributed by atoms with Gasteiger partial charge in [-0.3, -0.25) is 4.79 Å². The molecular formula is C18H26N2O4S. The fourth-order valence-corrected chi connectivity index (χ4v) is 4.46. The average molecular weight is 366 g/mol. The number of nitrogens with zero attached hydrogens (tertiary/aromatic N) is 2. The van der Waals surface area contributed by atoms with E-state index < -0.39 is 15.9 Å². The maximum absolute atomic E-state index is 12.4. The van der Waals surface area contributed by atoms with Crippen molar-refractivity contribution in [2.75, 3.05) is 42.6 Å². The van der Waals surface area contributed by atoms with Gasteiger partial charge in [-0.1, -0.05) is 13.8 Å². The van der Waals surface area contributed by atoms with Crippen molar-refractivity contribution in [3.05, 3.63) is 24.3 Å². The van der Waals surface area contributed by atoms with Crippen molar-refractivity contribution in [1.82, 2.24) is 4.90 Å². The van der Waals surface area contributed by atoms with E-state index in [-0.39, 0.29) is 17.4 Å². The summed E-state index contributed by atoms with van der Waals surface area (Å²) in [5.74, 6) is 1.71. The molecule has 0 spiro atoms. The van der Waals surface area contributed by atoms with Gasteiger partial charge in [-0.25, -0.2) is 8.42 Å². The number of hydrogen-bond acceptors (Lipinski definition) is 5. The van der Waals surface area contributed by atoms with E-state index in [9.17, 15) is 13.2 Å². The molecule has 0 saturated carbocycles. The first-order valence-corrected chi connectivity index (χ1v) is 10.7. The lowest BCUT2D eigenvalue weighted by Gasteiger charge is -2.39. The summed E-state index contributed by atoms with van der Waals surface area (Å²) >= 11 is 0. The van der Waals surface area contributed by atoms with Crippen molar-refractivity contribution in [2.45, 2.75) is 26.4 Å². The summed E-state index contributed by atoms with van der Waals surface area (Å²) < 4.78 is 28.9. The minimum Gasteiger partial charge on any atom is -0.481 e. The van der Waals surface area contributed by atoms with E-state index in [1.807, 2.05) is 36.1 Å². The first kappa shape index (κ1) is 18.0. The fourth-order valence-electron chi connectivity index (χ4n) is 3.26. The van der Waals surface area contributed by atoms with Gasteiger partial charge in [-0.05, 0) is 36.6 Å². The lowest BCUT2D eigenvalue weighted by Crippen LogP contribution is -2.53. The third-order valence-corrected chi connectivity index (χ3v) is 6.46. The van der Waals surface area contributed by atoms with Crippen molar-refractivity contribution >= 4 is 21.4 Å². The van der Waals surface area contributed by atoms with Crippen LogP contribution in [-0.4, -0.2) is 63.0 Å². The Labute approximate surface area is 149 Å². The Morgan fingerprint density at radius 2 is 1.80 bits per heavy atom. The smallest absolute Gasteiger partial charge is 0.263 e. The van der Waals surface area contributed by atoms with Gasteiger partial charge in [0, 0.05) is 31.9 Å². The Balaban J connectivity index is 1.59. The SMILES string of the molecule is CCC(Oc1ccc(N2CCS(=O)(=O)CC2)cc1)C(=O)N1CC(C)C1. The number of anilines is 1. The van der Waals surface area contributed by atoms with Crippen LogP contribution < -0.4 is 9.64 Å². The summed E-state index contributed by atoms with van der Waals surface area (Å²) in [5, 5.41) is 0. The highest BCUT2D eigenvalue weighted by Gasteiger charge is 2.32. The van der Waals surface area contributed by atoms with Crippen LogP contribution in [0.4, 0.5) is 5.69 Å². The van der Waals surface area contributed by atoms with Gasteiger partial charge in [0.15, 0.2) is 15.9 Å². The normalized spacial score (nSPS) is 21.5. The summed E-state index contributed by atoms with van der Waals surface area (Å²) in [6, 6.07) is 7.56. The largest absolute Gasteiger partial charge is 0.481 e. The average Bonchev–Trinajstić information content (AvgIpc) is 2.57. The van der Waals surface area contributed by atoms with Crippen molar-refractivity contribution in [3.8, 4) is 5.75 Å². The summed E-state index contributed by atoms with van der Waals surface area (Å²) in [6.45, 7) is 6.76. The van der Waals surface area contributed by atoms with Crippen LogP contribution in [0.15, 0.2) is 24.3 Å². The molecule has 2 aliphatic rings. The van der Waals surface area contributed by atoms with E-state index in [2.05, 4.69) is 11.8 Å². The topological polar surface area (TPSA) is 66.9 Å². The van der Waals surface area contributed by atoms with E-state index >= 15 is 0 Å². The number of benzene rings is 1. The second-order valence-electron chi connectivity index (χ2n) is 7.00. The van der Waals surface area contributed by atoms with Crippen LogP contribution in [0, 0.1) is 5.92 Å². The van der Waals surface area contributed by atoms with Crippen molar-refractivity contribution in [3.63, 3.8) is 0 Å². The van der Waals surface area contributed by atoms with Crippen LogP contribution in [-0.2, 0) is 14.6 Å². The first-order chi connectivity index (χ1) is 11.9. The third-order valence-electron chi connectivity index (χ3n) is 4.85. The number of carbonyl (C=O) groups is 1. The lowest BCUT2D eigenvalue weighted by molar-refractivity contribution is -0.144. The van der Waals surface area contributed by atoms with E-state index in [0.29, 0.717) is 31.2 Å². The molecule has 1 amide bonds. The summed E-state index contributed by atoms with van der Waals surface area (Å²) in [6.07, 6.45) is 0.189. The van der Waals surface area contributed by atoms with Gasteiger partial charge >= 0.3 is 0 Å². The molecule has 0 N–H and O–H groups in total. The zero-order chi connectivity index (χ0) is 18.0. The highest BCUT2D eigenvalue weighted by atomic mass is 32.2. The molecule has 1 aromatic rings. The van der Waals surface area contributed by atoms with Crippen molar-refractivity contribution < 1.29 is 17.9 Å². The number of likely N-dealkylation sites (tertiary alicyclic amines) is 1. The first-order valence-electron chi connectivity index (χ1n) is 8.89. The molecule has 25 heavy (non-hydrogen) atoms. The van der Waals surface area contributed by atoms with Crippen LogP contribution in [0.2, 0.25) is 0 Å². The minimum atomic E-state index is -2.88. The number of amides is 1. The van der Waals surface area contributed by atoms with Crippen molar-refractivity contribution in [2.24, 2.45) is 5.92 Å². The van der Waals surface area contributed by atoms with E-state index in [0.717, 1.165) is 18.8 Å². The molecule has 7 heteroatoms. The quantitative estimate of drug-likeness (QED) is 0.791. The number of sulfone groups is 1. The Hall–Kier alpha value is -1.76. The van der Waals surface area contributed by atoms with E-state index in [4.69, 9.17) is 4.74 Å². The maximum atomic E-state index is 12.4. The van der Waals surface area contributed by atoms with E-state index in [1.165, 1.54) is 0 Å². The van der Waals surface area contributed by atoms with Gasteiger partial charge in [-0.2, -0.15) is 0 Å². The van der Waals surface area contributed by atoms with Crippen LogP contribution >= 0.6 is 0 Å². The molecule has 1 aromatic carbocycles. The molecule has 138 valence electrons. The standard InChI is InChI=1S/C18H26N2O4S/c1-3-17(18(21)20-12-14(2)13-20)24-16-6-4-15(5-7-16)19-8-10-25(22,23)11-9-19/h4-7,14,17H,3,8-13H2,1-2H3. The number of carbonyl (C=O) groups excluding carboxylic acids is 1. The summed E-state index contributed by atoms with van der Waals surface area (Å²) in [5.41, 5.74) is 0.984. The van der Waals surface area contributed by atoms with E-state index in [1.54, 1.807) is 0 Å². The van der Waals surface area contributed by atoms with Crippen LogP contribution in [0.3, 0.4) is 0 Å². The monoisotopic (exact) mass is 366 g/mol. The maximum Gasteiger partial charge on any atom is 0.263 e. The number of hydrogen-bond donors (Lipinski definition) is 0. The Morgan fingerprint density at radius 1 is 1.20 bits per heavy atom. The highest BCUT2D eigenvalue weighted by Crippen LogP contribution is 2.24. The van der Waals surface area contributed by atoms with Gasteiger partial charge in [0.2, 0.25) is 0 Å². The fraction of sp³-hybridized carbons (Fsp3) is 0.611. The van der Waals surface area contributed by atoms with Crippen molar-refractivity contribution in [1.29, 1.82) is 0 Å². The zero-order valence-corrected chi connectivity index (χ0v) is 15.7. The predicted octanol–water partition coefficient (Wildman–Crippen LogP) is 1.56. The summed E-state index contributed by atoms with van der Waals surface area (Å²) in [7, 11) is -2.88. The van der Waals surface area contributed by atoms with Gasteiger partial charge < -0.3 is 14.5 Å². The summed E-state index contributed by atoms with van der Waals surface area (Å²) in [4.78, 5) is 16.3. The molecule has 2 heterocycles. The molecule has 2 saturated heterocycles. The van der Waals surface area contributed by atoms with Crippen LogP contribution in [0.1, 0.15) is 20.3 Å². The molecule has 0 bridgehead atoms. The van der Waals surface area contributed by atoms with Crippen LogP contribution in [0.5, 0.6) is 5.75 Å². The Bertz CT molecular complexity index is 697. The van der Waals surface area contributed by atoms with Gasteiger partial charge in [-0.15, -0.1) is 0 Å². The predicted molar refractivity (Wildman–Crippen MR) is 97.8 cm³/mol. The molecule has 1 unspecified atom stereocenters. The second-order valence-corrected chi connectivity index (χ2v) is 9.30. The minimum absolute atomic E-state index is 0.0610. The molecule has 6 nitrogen and oxygen atoms in total. The Morgan fingerprint density at radius 3 is 2.32 bits per heavy atom. The molecule has 0 aromatic heterocycles. The molecular weight excluding hydrogens is 340 g/mol. The number of rotatable bonds is 5. The third kappa shape index (κ3) is 4.26. The van der Waals surface area contributed by atoms with Crippen LogP contribution in [0.25, 0.3) is 0 Å². The zero-order valence-electron chi connectivity index (χ0n) is 14.8. The molecule has 0 aliphatic carbocycles. The van der Waals surface area contributed by atoms with Gasteiger partial charge in [0.25, 0.3) is 5.91 Å². The molecule has 1 atom stereocenters. The molecule has 2 fully saturated rings. The lowest BCUT2D eigenvalue weighted by atomic mass is 10.0. The van der Waals surface area contributed by atoms with Gasteiger partial charge in [0.05, 0.1) is 11.5 Å². The number of ether oxygens (including phenoxy) is 1. The molecule has 0 radical (unpaired) electrons. The molecule has 2 aliphatic heterocycles. The second kappa shape index (κ2) is 7.23. The Kier molecular flexibility index (Phi) is 5.22. The highest BCUT2D eigenvalue weighted by molar-refractivity contribution is 7.91. The molecule has 3 rings (SSSR count).